The van der Waals surface area contributed by atoms with Gasteiger partial charge >= 0.3 is 6.18 Å². The summed E-state index contributed by atoms with van der Waals surface area (Å²) in [6, 6.07) is 11.9. The van der Waals surface area contributed by atoms with Gasteiger partial charge in [0.05, 0.1) is 16.3 Å². The highest BCUT2D eigenvalue weighted by atomic mass is 32.2. The molecular formula is C17H13F3N2O3S. The molecule has 0 saturated heterocycles. The van der Waals surface area contributed by atoms with Gasteiger partial charge in [0.1, 0.15) is 5.75 Å². The molecule has 0 fully saturated rings. The number of phenols is 1. The van der Waals surface area contributed by atoms with Crippen LogP contribution in [0, 0.1) is 0 Å². The van der Waals surface area contributed by atoms with Crippen LogP contribution in [0.2, 0.25) is 0 Å². The van der Waals surface area contributed by atoms with Gasteiger partial charge < -0.3 is 5.11 Å². The Morgan fingerprint density at radius 3 is 2.08 bits per heavy atom. The highest BCUT2D eigenvalue weighted by molar-refractivity contribution is 7.90. The quantitative estimate of drug-likeness (QED) is 0.750. The summed E-state index contributed by atoms with van der Waals surface area (Å²) in [7, 11) is -3.42. The van der Waals surface area contributed by atoms with Gasteiger partial charge in [-0.1, -0.05) is 12.1 Å². The van der Waals surface area contributed by atoms with Gasteiger partial charge in [0, 0.05) is 11.8 Å². The lowest BCUT2D eigenvalue weighted by molar-refractivity contribution is -0.141. The maximum atomic E-state index is 13.1. The molecule has 0 aliphatic carbocycles. The van der Waals surface area contributed by atoms with E-state index in [0.29, 0.717) is 11.3 Å². The Labute approximate surface area is 147 Å². The first kappa shape index (κ1) is 18.0. The molecule has 0 unspecified atom stereocenters. The van der Waals surface area contributed by atoms with E-state index in [9.17, 15) is 26.7 Å². The average molecular weight is 382 g/mol. The van der Waals surface area contributed by atoms with E-state index in [4.69, 9.17) is 0 Å². The zero-order chi connectivity index (χ0) is 19.1. The van der Waals surface area contributed by atoms with Crippen molar-refractivity contribution in [3.8, 4) is 22.7 Å². The highest BCUT2D eigenvalue weighted by Crippen LogP contribution is 2.33. The number of aromatic nitrogens is 2. The summed E-state index contributed by atoms with van der Waals surface area (Å²) in [6.45, 7) is 0. The fourth-order valence-corrected chi connectivity index (χ4v) is 3.02. The SMILES string of the molecule is CS(=O)(=O)c1ccc(-c2cc(C(F)(F)F)nn2-c2ccc(O)cc2)cc1. The van der Waals surface area contributed by atoms with Crippen molar-refractivity contribution in [2.24, 2.45) is 0 Å². The van der Waals surface area contributed by atoms with Gasteiger partial charge in [-0.25, -0.2) is 13.1 Å². The Kier molecular flexibility index (Phi) is 4.27. The smallest absolute Gasteiger partial charge is 0.435 e. The van der Waals surface area contributed by atoms with Crippen molar-refractivity contribution in [2.75, 3.05) is 6.26 Å². The summed E-state index contributed by atoms with van der Waals surface area (Å²) in [4.78, 5) is 0.0630. The van der Waals surface area contributed by atoms with Crippen molar-refractivity contribution < 1.29 is 26.7 Å². The number of nitrogens with zero attached hydrogens (tertiary/aromatic N) is 2. The highest BCUT2D eigenvalue weighted by Gasteiger charge is 2.35. The molecule has 3 aromatic rings. The first-order valence-corrected chi connectivity index (χ1v) is 9.22. The first-order chi connectivity index (χ1) is 12.1. The van der Waals surface area contributed by atoms with Crippen molar-refractivity contribution in [1.82, 2.24) is 9.78 Å². The van der Waals surface area contributed by atoms with Crippen molar-refractivity contribution in [3.05, 3.63) is 60.3 Å². The van der Waals surface area contributed by atoms with Gasteiger partial charge in [-0.05, 0) is 42.5 Å². The molecule has 0 bridgehead atoms. The third kappa shape index (κ3) is 3.57. The van der Waals surface area contributed by atoms with Crippen LogP contribution < -0.4 is 0 Å². The number of halogens is 3. The van der Waals surface area contributed by atoms with E-state index >= 15 is 0 Å². The van der Waals surface area contributed by atoms with E-state index in [0.717, 1.165) is 17.0 Å². The molecule has 0 atom stereocenters. The third-order valence-electron chi connectivity index (χ3n) is 3.67. The summed E-state index contributed by atoms with van der Waals surface area (Å²) < 4.78 is 63.5. The van der Waals surface area contributed by atoms with E-state index in [2.05, 4.69) is 5.10 Å². The van der Waals surface area contributed by atoms with Crippen LogP contribution in [-0.4, -0.2) is 29.6 Å². The summed E-state index contributed by atoms with van der Waals surface area (Å²) in [5.41, 5.74) is -0.246. The summed E-state index contributed by atoms with van der Waals surface area (Å²) in [6.07, 6.45) is -3.59. The molecule has 26 heavy (non-hydrogen) atoms. The number of rotatable bonds is 3. The Morgan fingerprint density at radius 2 is 1.58 bits per heavy atom. The van der Waals surface area contributed by atoms with E-state index < -0.39 is 21.7 Å². The normalized spacial score (nSPS) is 12.3. The van der Waals surface area contributed by atoms with Crippen molar-refractivity contribution in [1.29, 1.82) is 0 Å². The van der Waals surface area contributed by atoms with Crippen LogP contribution in [0.3, 0.4) is 0 Å². The molecule has 9 heteroatoms. The van der Waals surface area contributed by atoms with Crippen LogP contribution in [0.25, 0.3) is 16.9 Å². The average Bonchev–Trinajstić information content (AvgIpc) is 3.00. The predicted molar refractivity (Wildman–Crippen MR) is 88.8 cm³/mol. The molecule has 1 heterocycles. The van der Waals surface area contributed by atoms with Gasteiger partial charge in [-0.2, -0.15) is 18.3 Å². The maximum Gasteiger partial charge on any atom is 0.435 e. The first-order valence-electron chi connectivity index (χ1n) is 7.33. The zero-order valence-corrected chi connectivity index (χ0v) is 14.2. The van der Waals surface area contributed by atoms with Crippen LogP contribution in [0.4, 0.5) is 13.2 Å². The van der Waals surface area contributed by atoms with Crippen molar-refractivity contribution >= 4 is 9.84 Å². The second kappa shape index (κ2) is 6.17. The topological polar surface area (TPSA) is 72.2 Å². The summed E-state index contributed by atoms with van der Waals surface area (Å²) >= 11 is 0. The molecule has 0 spiro atoms. The fraction of sp³-hybridized carbons (Fsp3) is 0.118. The number of alkyl halides is 3. The Morgan fingerprint density at radius 1 is 1.00 bits per heavy atom. The van der Waals surface area contributed by atoms with Gasteiger partial charge in [0.15, 0.2) is 15.5 Å². The lowest BCUT2D eigenvalue weighted by atomic mass is 10.1. The molecule has 0 aliphatic heterocycles. The molecule has 1 aromatic heterocycles. The largest absolute Gasteiger partial charge is 0.508 e. The molecule has 5 nitrogen and oxygen atoms in total. The molecule has 0 saturated carbocycles. The number of hydrogen-bond donors (Lipinski definition) is 1. The van der Waals surface area contributed by atoms with Crippen molar-refractivity contribution in [2.45, 2.75) is 11.1 Å². The monoisotopic (exact) mass is 382 g/mol. The number of benzene rings is 2. The Bertz CT molecular complexity index is 1040. The number of aromatic hydroxyl groups is 1. The number of phenolic OH excluding ortho intramolecular Hbond substituents is 1. The molecule has 0 amide bonds. The Balaban J connectivity index is 2.16. The van der Waals surface area contributed by atoms with E-state index in [1.165, 1.54) is 48.5 Å². The van der Waals surface area contributed by atoms with Gasteiger partial charge in [0.25, 0.3) is 0 Å². The minimum absolute atomic E-state index is 0.0315. The zero-order valence-electron chi connectivity index (χ0n) is 13.4. The lowest BCUT2D eigenvalue weighted by Gasteiger charge is -2.08. The summed E-state index contributed by atoms with van der Waals surface area (Å²) in [5.74, 6) is -0.0315. The molecule has 136 valence electrons. The second-order valence-electron chi connectivity index (χ2n) is 5.64. The fourth-order valence-electron chi connectivity index (χ4n) is 2.39. The maximum absolute atomic E-state index is 13.1. The minimum Gasteiger partial charge on any atom is -0.508 e. The number of hydrogen-bond acceptors (Lipinski definition) is 4. The van der Waals surface area contributed by atoms with E-state index in [1.54, 1.807) is 0 Å². The van der Waals surface area contributed by atoms with Gasteiger partial charge in [0.2, 0.25) is 0 Å². The lowest BCUT2D eigenvalue weighted by Crippen LogP contribution is -2.07. The molecule has 0 aliphatic rings. The minimum atomic E-state index is -4.64. The van der Waals surface area contributed by atoms with Crippen LogP contribution in [0.1, 0.15) is 5.69 Å². The van der Waals surface area contributed by atoms with E-state index in [-0.39, 0.29) is 16.3 Å². The third-order valence-corrected chi connectivity index (χ3v) is 4.80. The Hall–Kier alpha value is -2.81. The van der Waals surface area contributed by atoms with Crippen LogP contribution in [0.5, 0.6) is 5.75 Å². The molecule has 3 rings (SSSR count). The van der Waals surface area contributed by atoms with Gasteiger partial charge in [-0.15, -0.1) is 0 Å². The molecule has 1 N–H and O–H groups in total. The standard InChI is InChI=1S/C17H13F3N2O3S/c1-26(24,25)14-8-2-11(3-9-14)15-10-16(17(18,19)20)21-22(15)12-4-6-13(23)7-5-12/h2-10,23H,1H3. The number of sulfone groups is 1. The van der Waals surface area contributed by atoms with Crippen molar-refractivity contribution in [3.63, 3.8) is 0 Å². The van der Waals surface area contributed by atoms with Crippen LogP contribution in [-0.2, 0) is 16.0 Å². The molecular weight excluding hydrogens is 369 g/mol. The summed E-state index contributed by atoms with van der Waals surface area (Å²) in [5, 5.41) is 13.0. The second-order valence-corrected chi connectivity index (χ2v) is 7.65. The predicted octanol–water partition coefficient (Wildman–Crippen LogP) is 3.67. The van der Waals surface area contributed by atoms with Crippen LogP contribution >= 0.6 is 0 Å². The van der Waals surface area contributed by atoms with Crippen LogP contribution in [0.15, 0.2) is 59.5 Å². The molecule has 2 aromatic carbocycles. The molecule has 0 radical (unpaired) electrons. The van der Waals surface area contributed by atoms with E-state index in [1.807, 2.05) is 0 Å². The van der Waals surface area contributed by atoms with Gasteiger partial charge in [-0.3, -0.25) is 0 Å².